The van der Waals surface area contributed by atoms with Crippen LogP contribution in [0, 0.1) is 0 Å². The first-order chi connectivity index (χ1) is 11.4. The highest BCUT2D eigenvalue weighted by Gasteiger charge is 2.10. The number of sulfone groups is 1. The van der Waals surface area contributed by atoms with E-state index in [1.165, 1.54) is 12.1 Å². The average Bonchev–Trinajstić information content (AvgIpc) is 2.96. The van der Waals surface area contributed by atoms with E-state index in [0.29, 0.717) is 18.0 Å². The van der Waals surface area contributed by atoms with Crippen LogP contribution in [0.2, 0.25) is 0 Å². The molecule has 0 aliphatic heterocycles. The lowest BCUT2D eigenvalue weighted by Crippen LogP contribution is -1.98. The van der Waals surface area contributed by atoms with Crippen LogP contribution in [-0.2, 0) is 16.3 Å². The zero-order chi connectivity index (χ0) is 17.2. The lowest BCUT2D eigenvalue weighted by atomic mass is 10.1. The monoisotopic (exact) mass is 345 g/mol. The summed E-state index contributed by atoms with van der Waals surface area (Å²) in [6.45, 7) is 0. The third-order valence-electron chi connectivity index (χ3n) is 3.27. The topological polar surface area (TPSA) is 105 Å². The molecule has 7 nitrogen and oxygen atoms in total. The third kappa shape index (κ3) is 3.90. The maximum Gasteiger partial charge on any atom is 0.320 e. The van der Waals surface area contributed by atoms with Crippen molar-refractivity contribution in [1.82, 2.24) is 10.2 Å². The molecule has 8 heteroatoms. The number of aromatic hydroxyl groups is 1. The smallest absolute Gasteiger partial charge is 0.320 e. The first-order valence-electron chi connectivity index (χ1n) is 7.07. The number of nitrogens with one attached hydrogen (secondary N) is 1. The van der Waals surface area contributed by atoms with Crippen LogP contribution in [-0.4, -0.2) is 30.0 Å². The maximum absolute atomic E-state index is 11.6. The quantitative estimate of drug-likeness (QED) is 0.732. The summed E-state index contributed by atoms with van der Waals surface area (Å²) in [4.78, 5) is 0.205. The Morgan fingerprint density at radius 3 is 2.58 bits per heavy atom. The lowest BCUT2D eigenvalue weighted by molar-refractivity contribution is 0.474. The lowest BCUT2D eigenvalue weighted by Gasteiger charge is -2.03. The van der Waals surface area contributed by atoms with Crippen LogP contribution in [0.25, 0.3) is 0 Å². The van der Waals surface area contributed by atoms with Crippen LogP contribution < -0.4 is 5.32 Å². The van der Waals surface area contributed by atoms with Gasteiger partial charge < -0.3 is 14.8 Å². The summed E-state index contributed by atoms with van der Waals surface area (Å²) in [6, 6.07) is 13.2. The van der Waals surface area contributed by atoms with Crippen molar-refractivity contribution in [2.45, 2.75) is 11.3 Å². The number of phenolic OH excluding ortho intramolecular Hbond substituents is 1. The number of benzene rings is 2. The van der Waals surface area contributed by atoms with Gasteiger partial charge in [-0.25, -0.2) is 8.42 Å². The van der Waals surface area contributed by atoms with Gasteiger partial charge in [-0.3, -0.25) is 0 Å². The Hall–Kier alpha value is -2.87. The number of rotatable bonds is 5. The van der Waals surface area contributed by atoms with Crippen molar-refractivity contribution in [2.75, 3.05) is 11.6 Å². The van der Waals surface area contributed by atoms with Gasteiger partial charge in [-0.1, -0.05) is 23.3 Å². The largest absolute Gasteiger partial charge is 0.508 e. The summed E-state index contributed by atoms with van der Waals surface area (Å²) in [5, 5.41) is 20.0. The number of aromatic nitrogens is 2. The molecule has 2 aromatic carbocycles. The van der Waals surface area contributed by atoms with Crippen LogP contribution in [0.4, 0.5) is 11.7 Å². The second-order valence-corrected chi connectivity index (χ2v) is 7.28. The Morgan fingerprint density at radius 1 is 1.12 bits per heavy atom. The van der Waals surface area contributed by atoms with E-state index < -0.39 is 9.84 Å². The summed E-state index contributed by atoms with van der Waals surface area (Å²) in [7, 11) is -3.28. The predicted molar refractivity (Wildman–Crippen MR) is 88.0 cm³/mol. The summed E-state index contributed by atoms with van der Waals surface area (Å²) >= 11 is 0. The van der Waals surface area contributed by atoms with Gasteiger partial charge in [0.15, 0.2) is 9.84 Å². The fourth-order valence-corrected chi connectivity index (χ4v) is 2.76. The van der Waals surface area contributed by atoms with Crippen molar-refractivity contribution in [3.63, 3.8) is 0 Å². The number of hydrogen-bond acceptors (Lipinski definition) is 7. The second kappa shape index (κ2) is 6.32. The highest BCUT2D eigenvalue weighted by molar-refractivity contribution is 7.90. The number of nitrogens with zero attached hydrogens (tertiary/aromatic N) is 2. The SMILES string of the molecule is CS(=O)(=O)c1cccc(Nc2nnc(Cc3ccc(O)cc3)o2)c1. The van der Waals surface area contributed by atoms with Gasteiger partial charge in [0.1, 0.15) is 5.75 Å². The Balaban J connectivity index is 1.73. The fourth-order valence-electron chi connectivity index (χ4n) is 2.09. The van der Waals surface area contributed by atoms with Crippen LogP contribution in [0.15, 0.2) is 57.8 Å². The van der Waals surface area contributed by atoms with Gasteiger partial charge in [0, 0.05) is 11.9 Å². The molecule has 0 aliphatic rings. The molecule has 0 saturated heterocycles. The van der Waals surface area contributed by atoms with Gasteiger partial charge in [-0.15, -0.1) is 5.10 Å². The molecule has 0 saturated carbocycles. The Morgan fingerprint density at radius 2 is 1.88 bits per heavy atom. The van der Waals surface area contributed by atoms with Gasteiger partial charge >= 0.3 is 6.01 Å². The van der Waals surface area contributed by atoms with E-state index in [9.17, 15) is 13.5 Å². The Kier molecular flexibility index (Phi) is 4.22. The van der Waals surface area contributed by atoms with Crippen LogP contribution >= 0.6 is 0 Å². The van der Waals surface area contributed by atoms with E-state index in [1.54, 1.807) is 36.4 Å². The van der Waals surface area contributed by atoms with Crippen molar-refractivity contribution in [3.8, 4) is 5.75 Å². The van der Waals surface area contributed by atoms with Gasteiger partial charge in [0.05, 0.1) is 11.3 Å². The third-order valence-corrected chi connectivity index (χ3v) is 4.38. The van der Waals surface area contributed by atoms with E-state index >= 15 is 0 Å². The minimum atomic E-state index is -3.28. The Bertz CT molecular complexity index is 949. The van der Waals surface area contributed by atoms with Gasteiger partial charge in [0.25, 0.3) is 0 Å². The summed E-state index contributed by atoms with van der Waals surface area (Å²) in [5.74, 6) is 0.597. The molecule has 0 atom stereocenters. The Labute approximate surface area is 138 Å². The number of phenols is 1. The molecule has 2 N–H and O–H groups in total. The molecule has 0 aliphatic carbocycles. The van der Waals surface area contributed by atoms with Crippen molar-refractivity contribution in [3.05, 3.63) is 60.0 Å². The first kappa shape index (κ1) is 16.0. The molecule has 1 heterocycles. The molecule has 0 unspecified atom stereocenters. The van der Waals surface area contributed by atoms with E-state index in [2.05, 4.69) is 15.5 Å². The molecular weight excluding hydrogens is 330 g/mol. The first-order valence-corrected chi connectivity index (χ1v) is 8.97. The highest BCUT2D eigenvalue weighted by Crippen LogP contribution is 2.20. The van der Waals surface area contributed by atoms with Crippen molar-refractivity contribution < 1.29 is 17.9 Å². The van der Waals surface area contributed by atoms with E-state index in [-0.39, 0.29) is 16.7 Å². The van der Waals surface area contributed by atoms with Crippen molar-refractivity contribution in [2.24, 2.45) is 0 Å². The number of anilines is 2. The van der Waals surface area contributed by atoms with Gasteiger partial charge in [-0.2, -0.15) is 0 Å². The maximum atomic E-state index is 11.6. The van der Waals surface area contributed by atoms with E-state index in [0.717, 1.165) is 11.8 Å². The molecule has 3 aromatic rings. The van der Waals surface area contributed by atoms with Crippen molar-refractivity contribution >= 4 is 21.5 Å². The summed E-state index contributed by atoms with van der Waals surface area (Å²) < 4.78 is 28.6. The van der Waals surface area contributed by atoms with Gasteiger partial charge in [0.2, 0.25) is 5.89 Å². The zero-order valence-corrected chi connectivity index (χ0v) is 13.6. The molecule has 3 rings (SSSR count). The standard InChI is InChI=1S/C16H15N3O4S/c1-24(21,22)14-4-2-3-12(10-14)17-16-19-18-15(23-16)9-11-5-7-13(20)8-6-11/h2-8,10,20H,9H2,1H3,(H,17,19). The summed E-state index contributed by atoms with van der Waals surface area (Å²) in [6.07, 6.45) is 1.58. The molecule has 1 aromatic heterocycles. The van der Waals surface area contributed by atoms with Crippen LogP contribution in [0.3, 0.4) is 0 Å². The molecule has 0 amide bonds. The van der Waals surface area contributed by atoms with Gasteiger partial charge in [-0.05, 0) is 35.9 Å². The fraction of sp³-hybridized carbons (Fsp3) is 0.125. The summed E-state index contributed by atoms with van der Waals surface area (Å²) in [5.41, 5.74) is 1.46. The molecular formula is C16H15N3O4S. The highest BCUT2D eigenvalue weighted by atomic mass is 32.2. The van der Waals surface area contributed by atoms with E-state index in [1.807, 2.05) is 0 Å². The molecule has 0 spiro atoms. The molecule has 24 heavy (non-hydrogen) atoms. The van der Waals surface area contributed by atoms with E-state index in [4.69, 9.17) is 4.42 Å². The minimum absolute atomic E-state index is 0.175. The minimum Gasteiger partial charge on any atom is -0.508 e. The normalized spacial score (nSPS) is 11.4. The predicted octanol–water partition coefficient (Wildman–Crippen LogP) is 2.51. The second-order valence-electron chi connectivity index (χ2n) is 5.27. The molecule has 0 fully saturated rings. The molecule has 0 bridgehead atoms. The number of hydrogen-bond donors (Lipinski definition) is 2. The zero-order valence-electron chi connectivity index (χ0n) is 12.8. The molecule has 0 radical (unpaired) electrons. The molecule has 124 valence electrons. The van der Waals surface area contributed by atoms with Crippen LogP contribution in [0.5, 0.6) is 5.75 Å². The van der Waals surface area contributed by atoms with Crippen LogP contribution in [0.1, 0.15) is 11.5 Å². The average molecular weight is 345 g/mol. The van der Waals surface area contributed by atoms with Crippen molar-refractivity contribution in [1.29, 1.82) is 0 Å².